The summed E-state index contributed by atoms with van der Waals surface area (Å²) < 4.78 is 14.6. The monoisotopic (exact) mass is 431 g/mol. The molecule has 0 saturated heterocycles. The third-order valence-corrected chi connectivity index (χ3v) is 6.56. The molecule has 0 amide bonds. The summed E-state index contributed by atoms with van der Waals surface area (Å²) in [5, 5.41) is 11.9. The number of aromatic nitrogens is 2. The lowest BCUT2D eigenvalue weighted by Crippen LogP contribution is -2.06. The molecule has 0 aliphatic carbocycles. The summed E-state index contributed by atoms with van der Waals surface area (Å²) in [4.78, 5) is 22.8. The minimum absolute atomic E-state index is 0.110. The molecule has 2 N–H and O–H groups in total. The highest BCUT2D eigenvalue weighted by atomic mass is 32.2. The highest BCUT2D eigenvalue weighted by Gasteiger charge is 2.15. The molecule has 0 radical (unpaired) electrons. The van der Waals surface area contributed by atoms with E-state index in [0.717, 1.165) is 34.3 Å². The van der Waals surface area contributed by atoms with Crippen LogP contribution in [0.2, 0.25) is 0 Å². The number of halogens is 1. The van der Waals surface area contributed by atoms with E-state index in [2.05, 4.69) is 28.3 Å². The van der Waals surface area contributed by atoms with Gasteiger partial charge in [0.1, 0.15) is 11.6 Å². The molecule has 152 valence electrons. The quantitative estimate of drug-likeness (QED) is 0.446. The minimum atomic E-state index is -0.936. The lowest BCUT2D eigenvalue weighted by molar-refractivity contribution is -0.133. The van der Waals surface area contributed by atoms with Crippen molar-refractivity contribution in [3.8, 4) is 10.7 Å². The van der Waals surface area contributed by atoms with Crippen LogP contribution < -0.4 is 5.32 Å². The van der Waals surface area contributed by atoms with E-state index in [1.54, 1.807) is 23.5 Å². The molecule has 0 atom stereocenters. The van der Waals surface area contributed by atoms with Gasteiger partial charge < -0.3 is 10.4 Å². The van der Waals surface area contributed by atoms with Crippen LogP contribution in [-0.4, -0.2) is 26.8 Å². The van der Waals surface area contributed by atoms with Gasteiger partial charge in [-0.3, -0.25) is 4.79 Å². The maximum Gasteiger partial charge on any atom is 0.313 e. The van der Waals surface area contributed by atoms with Gasteiger partial charge in [0.05, 0.1) is 16.3 Å². The Morgan fingerprint density at radius 3 is 2.62 bits per heavy atom. The van der Waals surface area contributed by atoms with Crippen LogP contribution in [0.25, 0.3) is 10.7 Å². The van der Waals surface area contributed by atoms with Gasteiger partial charge in [-0.15, -0.1) is 23.1 Å². The van der Waals surface area contributed by atoms with Crippen LogP contribution in [0.15, 0.2) is 35.2 Å². The number of anilines is 2. The molecular formula is C21H22FN3O2S2. The molecule has 3 rings (SSSR count). The number of thioether (sulfide) groups is 1. The Labute approximate surface area is 177 Å². The molecule has 5 nitrogen and oxygen atoms in total. The number of carboxylic acids is 1. The highest BCUT2D eigenvalue weighted by molar-refractivity contribution is 8.00. The van der Waals surface area contributed by atoms with E-state index in [0.29, 0.717) is 28.6 Å². The highest BCUT2D eigenvalue weighted by Crippen LogP contribution is 2.31. The standard InChI is InChI=1S/C21H22FN3O2S2/c1-4-13-7-9-18(29-13)21-23-12(3)15(5-2)20(25-21)24-17-8-6-14(10-16(17)22)28-11-19(26)27/h6-10H,4-5,11H2,1-3H3,(H,26,27)(H,23,24,25). The van der Waals surface area contributed by atoms with Gasteiger partial charge in [-0.1, -0.05) is 13.8 Å². The molecular weight excluding hydrogens is 409 g/mol. The number of nitrogens with one attached hydrogen (secondary N) is 1. The van der Waals surface area contributed by atoms with Crippen molar-refractivity contribution in [2.45, 2.75) is 38.5 Å². The van der Waals surface area contributed by atoms with Gasteiger partial charge in [-0.2, -0.15) is 0 Å². The second-order valence-electron chi connectivity index (χ2n) is 6.38. The fraction of sp³-hybridized carbons (Fsp3) is 0.286. The lowest BCUT2D eigenvalue weighted by Gasteiger charge is -2.14. The zero-order valence-corrected chi connectivity index (χ0v) is 18.1. The normalized spacial score (nSPS) is 10.9. The van der Waals surface area contributed by atoms with Crippen molar-refractivity contribution in [2.75, 3.05) is 11.1 Å². The Kier molecular flexibility index (Phi) is 6.87. The summed E-state index contributed by atoms with van der Waals surface area (Å²) in [6, 6.07) is 8.74. The van der Waals surface area contributed by atoms with Crippen molar-refractivity contribution in [2.24, 2.45) is 0 Å². The largest absolute Gasteiger partial charge is 0.481 e. The fourth-order valence-corrected chi connectivity index (χ4v) is 4.40. The predicted octanol–water partition coefficient (Wildman–Crippen LogP) is 5.70. The Bertz CT molecular complexity index is 1040. The van der Waals surface area contributed by atoms with E-state index in [1.807, 2.05) is 19.9 Å². The second-order valence-corrected chi connectivity index (χ2v) is 8.60. The molecule has 1 aromatic carbocycles. The number of aliphatic carboxylic acids is 1. The number of carbonyl (C=O) groups is 1. The van der Waals surface area contributed by atoms with Crippen molar-refractivity contribution >= 4 is 40.6 Å². The average Bonchev–Trinajstić information content (AvgIpc) is 3.17. The second kappa shape index (κ2) is 9.37. The van der Waals surface area contributed by atoms with Crippen molar-refractivity contribution in [1.82, 2.24) is 9.97 Å². The van der Waals surface area contributed by atoms with Crippen LogP contribution in [0, 0.1) is 12.7 Å². The Morgan fingerprint density at radius 1 is 1.21 bits per heavy atom. The molecule has 0 aliphatic heterocycles. The molecule has 8 heteroatoms. The van der Waals surface area contributed by atoms with E-state index < -0.39 is 11.8 Å². The number of rotatable bonds is 8. The maximum absolute atomic E-state index is 14.6. The zero-order valence-electron chi connectivity index (χ0n) is 16.5. The molecule has 0 spiro atoms. The molecule has 0 bridgehead atoms. The van der Waals surface area contributed by atoms with Crippen LogP contribution in [0.1, 0.15) is 30.0 Å². The van der Waals surface area contributed by atoms with E-state index in [4.69, 9.17) is 5.11 Å². The van der Waals surface area contributed by atoms with Gasteiger partial charge in [0.25, 0.3) is 0 Å². The number of thiophene rings is 1. The zero-order chi connectivity index (χ0) is 21.0. The van der Waals surface area contributed by atoms with Crippen LogP contribution in [0.3, 0.4) is 0 Å². The van der Waals surface area contributed by atoms with Gasteiger partial charge in [0.2, 0.25) is 0 Å². The van der Waals surface area contributed by atoms with Gasteiger partial charge >= 0.3 is 5.97 Å². The number of aryl methyl sites for hydroxylation is 2. The average molecular weight is 432 g/mol. The Morgan fingerprint density at radius 2 is 2.00 bits per heavy atom. The summed E-state index contributed by atoms with van der Waals surface area (Å²) in [6.45, 7) is 6.06. The Hall–Kier alpha value is -2.45. The molecule has 3 aromatic rings. The van der Waals surface area contributed by atoms with Gasteiger partial charge in [-0.05, 0) is 50.1 Å². The van der Waals surface area contributed by atoms with E-state index >= 15 is 0 Å². The first kappa shape index (κ1) is 21.3. The molecule has 2 heterocycles. The smallest absolute Gasteiger partial charge is 0.313 e. The van der Waals surface area contributed by atoms with E-state index in [9.17, 15) is 9.18 Å². The van der Waals surface area contributed by atoms with E-state index in [1.165, 1.54) is 10.9 Å². The third kappa shape index (κ3) is 5.13. The lowest BCUT2D eigenvalue weighted by atomic mass is 10.1. The summed E-state index contributed by atoms with van der Waals surface area (Å²) in [7, 11) is 0. The van der Waals surface area contributed by atoms with E-state index in [-0.39, 0.29) is 5.75 Å². The maximum atomic E-state index is 14.6. The van der Waals surface area contributed by atoms with Crippen LogP contribution >= 0.6 is 23.1 Å². The van der Waals surface area contributed by atoms with Crippen LogP contribution in [0.5, 0.6) is 0 Å². The first-order valence-electron chi connectivity index (χ1n) is 9.29. The summed E-state index contributed by atoms with van der Waals surface area (Å²) in [5.74, 6) is -0.285. The van der Waals surface area contributed by atoms with Crippen LogP contribution in [0.4, 0.5) is 15.9 Å². The first-order chi connectivity index (χ1) is 13.9. The molecule has 0 saturated carbocycles. The number of carboxylic acid groups (broad SMARTS) is 1. The van der Waals surface area contributed by atoms with Gasteiger partial charge in [0.15, 0.2) is 5.82 Å². The molecule has 0 aliphatic rings. The van der Waals surface area contributed by atoms with Gasteiger partial charge in [0, 0.05) is 21.0 Å². The summed E-state index contributed by atoms with van der Waals surface area (Å²) in [5.41, 5.74) is 2.09. The van der Waals surface area contributed by atoms with Crippen molar-refractivity contribution in [3.05, 3.63) is 52.3 Å². The Balaban J connectivity index is 1.92. The van der Waals surface area contributed by atoms with Crippen molar-refractivity contribution < 1.29 is 14.3 Å². The molecule has 2 aromatic heterocycles. The number of hydrogen-bond donors (Lipinski definition) is 2. The summed E-state index contributed by atoms with van der Waals surface area (Å²) >= 11 is 2.74. The number of hydrogen-bond acceptors (Lipinski definition) is 6. The number of benzene rings is 1. The van der Waals surface area contributed by atoms with Crippen LogP contribution in [-0.2, 0) is 17.6 Å². The fourth-order valence-electron chi connectivity index (χ4n) is 2.88. The summed E-state index contributed by atoms with van der Waals surface area (Å²) in [6.07, 6.45) is 1.67. The predicted molar refractivity (Wildman–Crippen MR) is 117 cm³/mol. The molecule has 29 heavy (non-hydrogen) atoms. The van der Waals surface area contributed by atoms with Gasteiger partial charge in [-0.25, -0.2) is 14.4 Å². The SMILES string of the molecule is CCc1ccc(-c2nc(C)c(CC)c(Nc3ccc(SCC(=O)O)cc3F)n2)s1. The van der Waals surface area contributed by atoms with Crippen molar-refractivity contribution in [1.29, 1.82) is 0 Å². The molecule has 0 unspecified atom stereocenters. The van der Waals surface area contributed by atoms with Crippen molar-refractivity contribution in [3.63, 3.8) is 0 Å². The number of nitrogens with zero attached hydrogens (tertiary/aromatic N) is 2. The first-order valence-corrected chi connectivity index (χ1v) is 11.1. The third-order valence-electron chi connectivity index (χ3n) is 4.35. The minimum Gasteiger partial charge on any atom is -0.481 e. The topological polar surface area (TPSA) is 75.1 Å². The molecule has 0 fully saturated rings.